The average molecular weight is 448 g/mol. The molecule has 164 valence electrons. The molecule has 4 aromatic heterocycles. The Morgan fingerprint density at radius 1 is 1.25 bits per heavy atom. The maximum Gasteiger partial charge on any atom is 0.264 e. The lowest BCUT2D eigenvalue weighted by Gasteiger charge is -2.11. The molecule has 0 saturated carbocycles. The topological polar surface area (TPSA) is 88.7 Å². The Kier molecular flexibility index (Phi) is 4.89. The number of nitrogens with zero attached hydrogens (tertiary/aromatic N) is 4. The van der Waals surface area contributed by atoms with E-state index in [4.69, 9.17) is 5.10 Å². The van der Waals surface area contributed by atoms with Crippen LogP contribution in [0, 0.1) is 12.8 Å². The van der Waals surface area contributed by atoms with Gasteiger partial charge in [0.25, 0.3) is 5.56 Å². The molecule has 0 unspecified atom stereocenters. The van der Waals surface area contributed by atoms with Gasteiger partial charge >= 0.3 is 0 Å². The van der Waals surface area contributed by atoms with Gasteiger partial charge in [0.1, 0.15) is 16.9 Å². The molecule has 0 atom stereocenters. The molecule has 0 amide bonds. The summed E-state index contributed by atoms with van der Waals surface area (Å²) in [6.07, 6.45) is 2.25. The number of pyridine rings is 1. The van der Waals surface area contributed by atoms with Crippen LogP contribution in [0.3, 0.4) is 0 Å². The van der Waals surface area contributed by atoms with E-state index in [1.54, 1.807) is 24.7 Å². The van der Waals surface area contributed by atoms with Crippen molar-refractivity contribution in [1.29, 1.82) is 0 Å². The van der Waals surface area contributed by atoms with Crippen molar-refractivity contribution in [1.82, 2.24) is 24.3 Å². The first-order chi connectivity index (χ1) is 15.4. The minimum Gasteiger partial charge on any atom is -0.494 e. The molecule has 0 fully saturated rings. The Bertz CT molecular complexity index is 1520. The second-order valence-electron chi connectivity index (χ2n) is 8.63. The Morgan fingerprint density at radius 3 is 2.75 bits per heavy atom. The normalized spacial score (nSPS) is 11.9. The zero-order valence-electron chi connectivity index (χ0n) is 18.5. The van der Waals surface area contributed by atoms with E-state index in [2.05, 4.69) is 41.3 Å². The van der Waals surface area contributed by atoms with E-state index in [9.17, 15) is 9.90 Å². The number of imidazole rings is 1. The third-order valence-electron chi connectivity index (χ3n) is 5.89. The van der Waals surface area contributed by atoms with Crippen molar-refractivity contribution in [3.8, 4) is 17.3 Å². The summed E-state index contributed by atoms with van der Waals surface area (Å²) in [5.74, 6) is 0.273. The van der Waals surface area contributed by atoms with E-state index in [0.717, 1.165) is 11.3 Å². The fraction of sp³-hybridized carbons (Fsp3) is 0.292. The molecular formula is C24H25N5O2S. The highest BCUT2D eigenvalue weighted by molar-refractivity contribution is 7.17. The van der Waals surface area contributed by atoms with Gasteiger partial charge in [0.15, 0.2) is 5.88 Å². The largest absolute Gasteiger partial charge is 0.494 e. The number of aromatic amines is 1. The number of benzene rings is 1. The smallest absolute Gasteiger partial charge is 0.264 e. The zero-order chi connectivity index (χ0) is 22.6. The van der Waals surface area contributed by atoms with Gasteiger partial charge in [-0.05, 0) is 41.7 Å². The first-order valence-electron chi connectivity index (χ1n) is 10.6. The van der Waals surface area contributed by atoms with Crippen LogP contribution in [0.25, 0.3) is 32.4 Å². The quantitative estimate of drug-likeness (QED) is 0.412. The lowest BCUT2D eigenvalue weighted by Crippen LogP contribution is -2.19. The lowest BCUT2D eigenvalue weighted by molar-refractivity contribution is 0.414. The van der Waals surface area contributed by atoms with Crippen LogP contribution in [0.15, 0.2) is 40.8 Å². The summed E-state index contributed by atoms with van der Waals surface area (Å²) in [4.78, 5) is 21.0. The number of hydrogen-bond donors (Lipinski definition) is 2. The Balaban J connectivity index is 1.83. The minimum atomic E-state index is -0.274. The number of aromatic nitrogens is 5. The van der Waals surface area contributed by atoms with E-state index in [1.165, 1.54) is 14.7 Å². The van der Waals surface area contributed by atoms with Gasteiger partial charge in [-0.25, -0.2) is 4.98 Å². The molecule has 8 heteroatoms. The molecule has 0 aliphatic rings. The highest BCUT2D eigenvalue weighted by Gasteiger charge is 2.26. The second-order valence-corrected chi connectivity index (χ2v) is 9.54. The maximum atomic E-state index is 13.4. The van der Waals surface area contributed by atoms with Gasteiger partial charge in [0.05, 0.1) is 18.3 Å². The highest BCUT2D eigenvalue weighted by Crippen LogP contribution is 2.34. The lowest BCUT2D eigenvalue weighted by atomic mass is 10.0. The summed E-state index contributed by atoms with van der Waals surface area (Å²) in [5, 5.41) is 19.5. The SMILES string of the molecule is Cc1[nH]cnc1-c1c2c(=O)n(C)c(O)c(CC(C)C)c2nn1Cc1csc2ccccc12. The van der Waals surface area contributed by atoms with Crippen molar-refractivity contribution < 1.29 is 5.11 Å². The van der Waals surface area contributed by atoms with E-state index in [0.29, 0.717) is 46.7 Å². The fourth-order valence-electron chi connectivity index (χ4n) is 4.31. The number of thiophene rings is 1. The molecule has 0 spiro atoms. The molecule has 1 aromatic carbocycles. The van der Waals surface area contributed by atoms with Crippen molar-refractivity contribution >= 4 is 32.3 Å². The molecule has 0 aliphatic heterocycles. The van der Waals surface area contributed by atoms with E-state index in [-0.39, 0.29) is 11.4 Å². The molecule has 4 heterocycles. The standard InChI is InChI=1S/C24H25N5O2S/c1-13(2)9-17-21-19(24(31)28(4)23(17)30)22(20-14(3)25-12-26-20)29(27-21)10-15-11-32-18-8-6-5-7-16(15)18/h5-8,11-13,30H,9-10H2,1-4H3,(H,25,26). The summed E-state index contributed by atoms with van der Waals surface area (Å²) >= 11 is 1.70. The summed E-state index contributed by atoms with van der Waals surface area (Å²) < 4.78 is 4.40. The molecule has 5 rings (SSSR count). The Morgan fingerprint density at radius 2 is 2.03 bits per heavy atom. The molecule has 0 bridgehead atoms. The molecule has 5 aromatic rings. The molecule has 0 radical (unpaired) electrons. The van der Waals surface area contributed by atoms with Crippen molar-refractivity contribution in [3.63, 3.8) is 0 Å². The van der Waals surface area contributed by atoms with Crippen LogP contribution >= 0.6 is 11.3 Å². The van der Waals surface area contributed by atoms with Gasteiger partial charge in [-0.15, -0.1) is 11.3 Å². The van der Waals surface area contributed by atoms with Crippen LogP contribution in [0.5, 0.6) is 5.88 Å². The number of nitrogens with one attached hydrogen (secondary N) is 1. The average Bonchev–Trinajstić information content (AvgIpc) is 3.47. The summed E-state index contributed by atoms with van der Waals surface area (Å²) in [7, 11) is 1.60. The van der Waals surface area contributed by atoms with Gasteiger partial charge < -0.3 is 10.1 Å². The number of aryl methyl sites for hydroxylation is 1. The van der Waals surface area contributed by atoms with Crippen molar-refractivity contribution in [2.24, 2.45) is 13.0 Å². The maximum absolute atomic E-state index is 13.4. The van der Waals surface area contributed by atoms with Crippen molar-refractivity contribution in [2.45, 2.75) is 33.7 Å². The molecule has 32 heavy (non-hydrogen) atoms. The second kappa shape index (κ2) is 7.63. The summed E-state index contributed by atoms with van der Waals surface area (Å²) in [6.45, 7) is 6.62. The van der Waals surface area contributed by atoms with Gasteiger partial charge in [0.2, 0.25) is 0 Å². The number of H-pyrrole nitrogens is 1. The van der Waals surface area contributed by atoms with E-state index < -0.39 is 0 Å². The van der Waals surface area contributed by atoms with E-state index >= 15 is 0 Å². The number of rotatable bonds is 5. The molecule has 0 aliphatic carbocycles. The van der Waals surface area contributed by atoms with Crippen molar-refractivity contribution in [3.05, 3.63) is 63.1 Å². The van der Waals surface area contributed by atoms with Crippen LogP contribution in [0.4, 0.5) is 0 Å². The first-order valence-corrected chi connectivity index (χ1v) is 11.5. The summed E-state index contributed by atoms with van der Waals surface area (Å²) in [5.41, 5.74) is 4.36. The zero-order valence-corrected chi connectivity index (χ0v) is 19.3. The Hall–Kier alpha value is -3.39. The third-order valence-corrected chi connectivity index (χ3v) is 6.90. The third kappa shape index (κ3) is 3.14. The van der Waals surface area contributed by atoms with Gasteiger partial charge in [-0.2, -0.15) is 5.10 Å². The van der Waals surface area contributed by atoms with Crippen LogP contribution in [-0.2, 0) is 20.0 Å². The Labute approximate surface area is 189 Å². The summed E-state index contributed by atoms with van der Waals surface area (Å²) in [6, 6.07) is 8.29. The van der Waals surface area contributed by atoms with Crippen LogP contribution in [0.1, 0.15) is 30.7 Å². The molecule has 7 nitrogen and oxygen atoms in total. The van der Waals surface area contributed by atoms with Crippen LogP contribution in [0.2, 0.25) is 0 Å². The predicted octanol–water partition coefficient (Wildman–Crippen LogP) is 4.60. The number of aromatic hydroxyl groups is 1. The molecule has 2 N–H and O–H groups in total. The van der Waals surface area contributed by atoms with Gasteiger partial charge in [-0.3, -0.25) is 14.0 Å². The first kappa shape index (κ1) is 20.5. The molecular weight excluding hydrogens is 422 g/mol. The van der Waals surface area contributed by atoms with Crippen LogP contribution < -0.4 is 5.56 Å². The number of hydrogen-bond acceptors (Lipinski definition) is 5. The van der Waals surface area contributed by atoms with Gasteiger partial charge in [-0.1, -0.05) is 32.0 Å². The van der Waals surface area contributed by atoms with E-state index in [1.807, 2.05) is 23.7 Å². The highest BCUT2D eigenvalue weighted by atomic mass is 32.1. The predicted molar refractivity (Wildman–Crippen MR) is 128 cm³/mol. The number of fused-ring (bicyclic) bond motifs is 2. The minimum absolute atomic E-state index is 0.0212. The fourth-order valence-corrected chi connectivity index (χ4v) is 5.27. The van der Waals surface area contributed by atoms with Gasteiger partial charge in [0, 0.05) is 23.0 Å². The molecule has 0 saturated heterocycles. The monoisotopic (exact) mass is 447 g/mol. The van der Waals surface area contributed by atoms with Crippen molar-refractivity contribution in [2.75, 3.05) is 0 Å². The van der Waals surface area contributed by atoms with Crippen LogP contribution in [-0.4, -0.2) is 29.4 Å².